The van der Waals surface area contributed by atoms with Crippen LogP contribution >= 0.6 is 0 Å². The van der Waals surface area contributed by atoms with Crippen LogP contribution in [-0.4, -0.2) is 24.3 Å². The Morgan fingerprint density at radius 1 is 1.38 bits per heavy atom. The molecule has 2 N–H and O–H groups in total. The van der Waals surface area contributed by atoms with Gasteiger partial charge in [-0.2, -0.15) is 0 Å². The Morgan fingerprint density at radius 2 is 2.08 bits per heavy atom. The standard InChI is InChI=1S/C11H19NO/c1-11(2,3)6-4-5-9-7-12-8-10(9)13/h9-10,12-13H,5,7-8H2,1-3H3/t9-,10-/m1/s1. The SMILES string of the molecule is CC(C)(C)C#CC[C@@H]1CNC[C@H]1O. The maximum absolute atomic E-state index is 9.49. The molecule has 1 aliphatic heterocycles. The normalized spacial score (nSPS) is 28.3. The lowest BCUT2D eigenvalue weighted by atomic mass is 9.96. The molecular weight excluding hydrogens is 162 g/mol. The van der Waals surface area contributed by atoms with Crippen LogP contribution in [-0.2, 0) is 0 Å². The van der Waals surface area contributed by atoms with Crippen molar-refractivity contribution in [3.8, 4) is 11.8 Å². The molecule has 0 aromatic rings. The van der Waals surface area contributed by atoms with Gasteiger partial charge in [-0.05, 0) is 20.8 Å². The van der Waals surface area contributed by atoms with Crippen molar-refractivity contribution in [1.82, 2.24) is 5.32 Å². The van der Waals surface area contributed by atoms with E-state index in [1.807, 2.05) is 0 Å². The van der Waals surface area contributed by atoms with E-state index >= 15 is 0 Å². The minimum Gasteiger partial charge on any atom is -0.391 e. The molecule has 2 heteroatoms. The van der Waals surface area contributed by atoms with Crippen molar-refractivity contribution in [2.24, 2.45) is 11.3 Å². The minimum atomic E-state index is -0.200. The molecule has 0 aromatic carbocycles. The van der Waals surface area contributed by atoms with Gasteiger partial charge in [0.1, 0.15) is 0 Å². The first-order valence-electron chi connectivity index (χ1n) is 4.88. The molecule has 1 fully saturated rings. The van der Waals surface area contributed by atoms with Gasteiger partial charge >= 0.3 is 0 Å². The molecule has 74 valence electrons. The molecular formula is C11H19NO. The van der Waals surface area contributed by atoms with Crippen LogP contribution in [0, 0.1) is 23.2 Å². The lowest BCUT2D eigenvalue weighted by molar-refractivity contribution is 0.150. The van der Waals surface area contributed by atoms with E-state index in [2.05, 4.69) is 37.9 Å². The van der Waals surface area contributed by atoms with Crippen LogP contribution in [0.3, 0.4) is 0 Å². The maximum Gasteiger partial charge on any atom is 0.0713 e. The quantitative estimate of drug-likeness (QED) is 0.592. The van der Waals surface area contributed by atoms with Gasteiger partial charge in [0.05, 0.1) is 6.10 Å². The van der Waals surface area contributed by atoms with Gasteiger partial charge in [-0.15, -0.1) is 5.92 Å². The van der Waals surface area contributed by atoms with Gasteiger partial charge in [0.15, 0.2) is 0 Å². The molecule has 0 radical (unpaired) electrons. The zero-order chi connectivity index (χ0) is 9.90. The summed E-state index contributed by atoms with van der Waals surface area (Å²) >= 11 is 0. The molecule has 0 amide bonds. The average Bonchev–Trinajstić information content (AvgIpc) is 2.34. The van der Waals surface area contributed by atoms with Gasteiger partial charge in [-0.1, -0.05) is 5.92 Å². The highest BCUT2D eigenvalue weighted by Crippen LogP contribution is 2.14. The van der Waals surface area contributed by atoms with E-state index in [0.717, 1.165) is 19.5 Å². The Morgan fingerprint density at radius 3 is 2.54 bits per heavy atom. The van der Waals surface area contributed by atoms with Crippen molar-refractivity contribution < 1.29 is 5.11 Å². The maximum atomic E-state index is 9.49. The third-order valence-corrected chi connectivity index (χ3v) is 2.13. The second-order valence-corrected chi connectivity index (χ2v) is 4.74. The van der Waals surface area contributed by atoms with Crippen LogP contribution < -0.4 is 5.32 Å². The van der Waals surface area contributed by atoms with Crippen molar-refractivity contribution in [2.45, 2.75) is 33.3 Å². The number of β-amino-alcohol motifs (C(OH)–C–C–N with tert-alkyl or cyclic N) is 1. The number of nitrogens with one attached hydrogen (secondary N) is 1. The van der Waals surface area contributed by atoms with Crippen molar-refractivity contribution >= 4 is 0 Å². The fourth-order valence-electron chi connectivity index (χ4n) is 1.37. The molecule has 1 aliphatic rings. The second kappa shape index (κ2) is 4.13. The highest BCUT2D eigenvalue weighted by molar-refractivity contribution is 5.08. The van der Waals surface area contributed by atoms with Gasteiger partial charge in [0.25, 0.3) is 0 Å². The van der Waals surface area contributed by atoms with E-state index in [9.17, 15) is 5.11 Å². The summed E-state index contributed by atoms with van der Waals surface area (Å²) in [5.74, 6) is 6.66. The van der Waals surface area contributed by atoms with Gasteiger partial charge in [-0.3, -0.25) is 0 Å². The number of aliphatic hydroxyl groups is 1. The summed E-state index contributed by atoms with van der Waals surface area (Å²) in [5, 5.41) is 12.6. The van der Waals surface area contributed by atoms with E-state index in [-0.39, 0.29) is 11.5 Å². The van der Waals surface area contributed by atoms with Crippen LogP contribution in [0.25, 0.3) is 0 Å². The molecule has 1 saturated heterocycles. The van der Waals surface area contributed by atoms with E-state index < -0.39 is 0 Å². The van der Waals surface area contributed by atoms with E-state index in [0.29, 0.717) is 5.92 Å². The van der Waals surface area contributed by atoms with Crippen molar-refractivity contribution in [3.05, 3.63) is 0 Å². The average molecular weight is 181 g/mol. The van der Waals surface area contributed by atoms with Crippen LogP contribution in [0.15, 0.2) is 0 Å². The molecule has 0 unspecified atom stereocenters. The van der Waals surface area contributed by atoms with E-state index in [1.54, 1.807) is 0 Å². The number of rotatable bonds is 1. The highest BCUT2D eigenvalue weighted by atomic mass is 16.3. The van der Waals surface area contributed by atoms with Crippen LogP contribution in [0.4, 0.5) is 0 Å². The predicted octanol–water partition coefficient (Wildman–Crippen LogP) is 1.01. The van der Waals surface area contributed by atoms with Crippen LogP contribution in [0.1, 0.15) is 27.2 Å². The summed E-state index contributed by atoms with van der Waals surface area (Å²) in [6.45, 7) is 7.93. The molecule has 2 nitrogen and oxygen atoms in total. The Labute approximate surface area is 80.7 Å². The Bertz CT molecular complexity index is 218. The molecule has 0 saturated carbocycles. The molecule has 0 bridgehead atoms. The second-order valence-electron chi connectivity index (χ2n) is 4.74. The third-order valence-electron chi connectivity index (χ3n) is 2.13. The molecule has 13 heavy (non-hydrogen) atoms. The van der Waals surface area contributed by atoms with Gasteiger partial charge in [0, 0.05) is 30.8 Å². The number of aliphatic hydroxyl groups excluding tert-OH is 1. The molecule has 0 spiro atoms. The largest absolute Gasteiger partial charge is 0.391 e. The van der Waals surface area contributed by atoms with Crippen molar-refractivity contribution in [1.29, 1.82) is 0 Å². The fraction of sp³-hybridized carbons (Fsp3) is 0.818. The van der Waals surface area contributed by atoms with Gasteiger partial charge in [0.2, 0.25) is 0 Å². The topological polar surface area (TPSA) is 32.3 Å². The monoisotopic (exact) mass is 181 g/mol. The predicted molar refractivity (Wildman–Crippen MR) is 54.2 cm³/mol. The van der Waals surface area contributed by atoms with Crippen molar-refractivity contribution in [2.75, 3.05) is 13.1 Å². The summed E-state index contributed by atoms with van der Waals surface area (Å²) in [4.78, 5) is 0. The zero-order valence-corrected chi connectivity index (χ0v) is 8.72. The Hall–Kier alpha value is -0.520. The highest BCUT2D eigenvalue weighted by Gasteiger charge is 2.23. The van der Waals surface area contributed by atoms with E-state index in [1.165, 1.54) is 0 Å². The summed E-state index contributed by atoms with van der Waals surface area (Å²) in [6.07, 6.45) is 0.611. The summed E-state index contributed by atoms with van der Waals surface area (Å²) < 4.78 is 0. The Balaban J connectivity index is 2.36. The summed E-state index contributed by atoms with van der Waals surface area (Å²) in [6, 6.07) is 0. The first-order chi connectivity index (χ1) is 5.99. The lowest BCUT2D eigenvalue weighted by Crippen LogP contribution is -2.17. The number of hydrogen-bond acceptors (Lipinski definition) is 2. The first kappa shape index (κ1) is 10.6. The Kier molecular flexibility index (Phi) is 3.35. The zero-order valence-electron chi connectivity index (χ0n) is 8.72. The first-order valence-corrected chi connectivity index (χ1v) is 4.88. The lowest BCUT2D eigenvalue weighted by Gasteiger charge is -2.10. The minimum absolute atomic E-state index is 0.0803. The smallest absolute Gasteiger partial charge is 0.0713 e. The third kappa shape index (κ3) is 3.80. The summed E-state index contributed by atoms with van der Waals surface area (Å²) in [7, 11) is 0. The van der Waals surface area contributed by atoms with Gasteiger partial charge in [-0.25, -0.2) is 0 Å². The molecule has 0 aromatic heterocycles. The molecule has 1 heterocycles. The van der Waals surface area contributed by atoms with Crippen LogP contribution in [0.5, 0.6) is 0 Å². The fourth-order valence-corrected chi connectivity index (χ4v) is 1.37. The van der Waals surface area contributed by atoms with Crippen LogP contribution in [0.2, 0.25) is 0 Å². The van der Waals surface area contributed by atoms with Gasteiger partial charge < -0.3 is 10.4 Å². The number of hydrogen-bond donors (Lipinski definition) is 2. The van der Waals surface area contributed by atoms with Crippen molar-refractivity contribution in [3.63, 3.8) is 0 Å². The molecule has 0 aliphatic carbocycles. The summed E-state index contributed by atoms with van der Waals surface area (Å²) in [5.41, 5.74) is 0.0803. The molecule has 2 atom stereocenters. The molecule has 1 rings (SSSR count). The van der Waals surface area contributed by atoms with E-state index in [4.69, 9.17) is 0 Å².